The molecule has 3 aromatic rings. The maximum Gasteiger partial charge on any atom is 0.329 e. The number of carbonyl (C=O) groups is 2. The van der Waals surface area contributed by atoms with E-state index < -0.39 is 11.9 Å². The van der Waals surface area contributed by atoms with Crippen molar-refractivity contribution in [1.29, 1.82) is 0 Å². The lowest BCUT2D eigenvalue weighted by molar-refractivity contribution is -0.123. The Morgan fingerprint density at radius 2 is 1.79 bits per heavy atom. The number of halogens is 2. The lowest BCUT2D eigenvalue weighted by Gasteiger charge is -2.14. The highest BCUT2D eigenvalue weighted by atomic mass is 35.5. The van der Waals surface area contributed by atoms with Crippen molar-refractivity contribution in [3.05, 3.63) is 100.0 Å². The molecule has 0 aromatic heterocycles. The summed E-state index contributed by atoms with van der Waals surface area (Å²) in [6, 6.07) is 18.0. The van der Waals surface area contributed by atoms with E-state index in [0.717, 1.165) is 10.5 Å². The Hall–Kier alpha value is -3.84. The van der Waals surface area contributed by atoms with E-state index in [-0.39, 0.29) is 35.4 Å². The minimum Gasteiger partial charge on any atom is -0.493 e. The van der Waals surface area contributed by atoms with Crippen molar-refractivity contribution in [3.63, 3.8) is 0 Å². The number of carbonyl (C=O) groups excluding carboxylic acids is 2. The summed E-state index contributed by atoms with van der Waals surface area (Å²) < 4.78 is 24.6. The van der Waals surface area contributed by atoms with Crippen LogP contribution >= 0.6 is 11.6 Å². The first-order valence-electron chi connectivity index (χ1n) is 10.1. The Morgan fingerprint density at radius 3 is 2.52 bits per heavy atom. The van der Waals surface area contributed by atoms with Gasteiger partial charge in [0.15, 0.2) is 11.5 Å². The molecule has 1 aliphatic heterocycles. The second-order valence-electron chi connectivity index (χ2n) is 7.32. The molecule has 1 fully saturated rings. The summed E-state index contributed by atoms with van der Waals surface area (Å²) in [6.45, 7) is 0.261. The van der Waals surface area contributed by atoms with E-state index in [1.807, 2.05) is 30.3 Å². The molecule has 0 radical (unpaired) electrons. The van der Waals surface area contributed by atoms with Crippen molar-refractivity contribution in [2.24, 2.45) is 0 Å². The van der Waals surface area contributed by atoms with Gasteiger partial charge in [0.1, 0.15) is 18.1 Å². The van der Waals surface area contributed by atoms with Crippen molar-refractivity contribution in [3.8, 4) is 11.5 Å². The molecule has 0 unspecified atom stereocenters. The fraction of sp³-hybridized carbons (Fsp3) is 0.120. The van der Waals surface area contributed by atoms with Crippen molar-refractivity contribution in [2.45, 2.75) is 13.2 Å². The molecule has 168 valence electrons. The van der Waals surface area contributed by atoms with Crippen molar-refractivity contribution >= 4 is 29.6 Å². The van der Waals surface area contributed by atoms with Gasteiger partial charge in [0.25, 0.3) is 5.91 Å². The van der Waals surface area contributed by atoms with E-state index in [1.165, 1.54) is 25.3 Å². The van der Waals surface area contributed by atoms with Gasteiger partial charge in [-0.05, 0) is 47.0 Å². The summed E-state index contributed by atoms with van der Waals surface area (Å²) in [7, 11) is 1.46. The van der Waals surface area contributed by atoms with Gasteiger partial charge >= 0.3 is 6.03 Å². The van der Waals surface area contributed by atoms with Crippen molar-refractivity contribution < 1.29 is 23.5 Å². The quantitative estimate of drug-likeness (QED) is 0.386. The molecule has 8 heteroatoms. The van der Waals surface area contributed by atoms with Gasteiger partial charge in [-0.3, -0.25) is 9.69 Å². The number of benzene rings is 3. The maximum absolute atomic E-state index is 13.4. The van der Waals surface area contributed by atoms with Crippen LogP contribution < -0.4 is 14.8 Å². The molecule has 4 rings (SSSR count). The fourth-order valence-corrected chi connectivity index (χ4v) is 3.67. The first-order valence-corrected chi connectivity index (χ1v) is 10.5. The van der Waals surface area contributed by atoms with Crippen LogP contribution in [0.25, 0.3) is 6.08 Å². The summed E-state index contributed by atoms with van der Waals surface area (Å²) in [5.41, 5.74) is 2.14. The monoisotopic (exact) mass is 466 g/mol. The number of urea groups is 1. The molecule has 3 amide bonds. The fourth-order valence-electron chi connectivity index (χ4n) is 3.39. The standard InChI is InChI=1S/C25H20ClFN2O4/c1-32-22-13-18(11-20(26)23(22)33-15-17-8-5-9-19(27)10-17)12-21-24(30)29(25(31)28-21)14-16-6-3-2-4-7-16/h2-13H,14-15H2,1H3,(H,28,31)/b21-12+. The molecule has 0 atom stereocenters. The zero-order chi connectivity index (χ0) is 23.4. The predicted octanol–water partition coefficient (Wildman–Crippen LogP) is 5.16. The van der Waals surface area contributed by atoms with E-state index in [9.17, 15) is 14.0 Å². The number of hydrogen-bond donors (Lipinski definition) is 1. The lowest BCUT2D eigenvalue weighted by atomic mass is 10.1. The number of nitrogens with zero attached hydrogens (tertiary/aromatic N) is 1. The molecular weight excluding hydrogens is 447 g/mol. The number of amides is 3. The number of rotatable bonds is 7. The highest BCUT2D eigenvalue weighted by Crippen LogP contribution is 2.37. The van der Waals surface area contributed by atoms with Crippen LogP contribution in [0.5, 0.6) is 11.5 Å². The summed E-state index contributed by atoms with van der Waals surface area (Å²) in [4.78, 5) is 26.2. The van der Waals surface area contributed by atoms with Crippen LogP contribution in [0.15, 0.2) is 72.4 Å². The van der Waals surface area contributed by atoms with Gasteiger partial charge in [0.2, 0.25) is 0 Å². The molecule has 0 aliphatic carbocycles. The Bertz CT molecular complexity index is 1230. The van der Waals surface area contributed by atoms with Crippen LogP contribution in [0.2, 0.25) is 5.02 Å². The summed E-state index contributed by atoms with van der Waals surface area (Å²) >= 11 is 6.41. The predicted molar refractivity (Wildman–Crippen MR) is 122 cm³/mol. The van der Waals surface area contributed by atoms with Gasteiger partial charge < -0.3 is 14.8 Å². The average molecular weight is 467 g/mol. The number of nitrogens with one attached hydrogen (secondary N) is 1. The minimum absolute atomic E-state index is 0.0945. The van der Waals surface area contributed by atoms with Gasteiger partial charge in [0, 0.05) is 0 Å². The molecule has 1 heterocycles. The Morgan fingerprint density at radius 1 is 1.03 bits per heavy atom. The summed E-state index contributed by atoms with van der Waals surface area (Å²) in [6.07, 6.45) is 1.52. The molecule has 6 nitrogen and oxygen atoms in total. The van der Waals surface area contributed by atoms with E-state index in [1.54, 1.807) is 24.3 Å². The van der Waals surface area contributed by atoms with E-state index >= 15 is 0 Å². The zero-order valence-electron chi connectivity index (χ0n) is 17.7. The topological polar surface area (TPSA) is 67.9 Å². The number of hydrogen-bond acceptors (Lipinski definition) is 4. The third-order valence-corrected chi connectivity index (χ3v) is 5.26. The Balaban J connectivity index is 1.53. The molecule has 0 saturated carbocycles. The highest BCUT2D eigenvalue weighted by molar-refractivity contribution is 6.32. The second kappa shape index (κ2) is 9.75. The molecule has 33 heavy (non-hydrogen) atoms. The van der Waals surface area contributed by atoms with Gasteiger partial charge in [0.05, 0.1) is 18.7 Å². The average Bonchev–Trinajstić information content (AvgIpc) is 3.06. The van der Waals surface area contributed by atoms with Crippen molar-refractivity contribution in [1.82, 2.24) is 10.2 Å². The number of ether oxygens (including phenoxy) is 2. The normalized spacial score (nSPS) is 14.5. The van der Waals surface area contributed by atoms with Crippen LogP contribution in [0.3, 0.4) is 0 Å². The van der Waals surface area contributed by atoms with Gasteiger partial charge in [-0.1, -0.05) is 54.1 Å². The summed E-state index contributed by atoms with van der Waals surface area (Å²) in [5, 5.41) is 2.84. The summed E-state index contributed by atoms with van der Waals surface area (Å²) in [5.74, 6) is -0.173. The van der Waals surface area contributed by atoms with Crippen LogP contribution in [-0.2, 0) is 17.9 Å². The van der Waals surface area contributed by atoms with Gasteiger partial charge in [-0.2, -0.15) is 0 Å². The molecular formula is C25H20ClFN2O4. The molecule has 0 bridgehead atoms. The van der Waals surface area contributed by atoms with E-state index in [2.05, 4.69) is 5.32 Å². The first kappa shape index (κ1) is 22.4. The highest BCUT2D eigenvalue weighted by Gasteiger charge is 2.33. The number of methoxy groups -OCH3 is 1. The lowest BCUT2D eigenvalue weighted by Crippen LogP contribution is -2.30. The van der Waals surface area contributed by atoms with Gasteiger partial charge in [-0.15, -0.1) is 0 Å². The third-order valence-electron chi connectivity index (χ3n) is 4.98. The van der Waals surface area contributed by atoms with E-state index in [0.29, 0.717) is 16.9 Å². The largest absolute Gasteiger partial charge is 0.493 e. The Kier molecular flexibility index (Phi) is 6.60. The zero-order valence-corrected chi connectivity index (χ0v) is 18.4. The van der Waals surface area contributed by atoms with E-state index in [4.69, 9.17) is 21.1 Å². The smallest absolute Gasteiger partial charge is 0.329 e. The Labute approximate surface area is 195 Å². The SMILES string of the molecule is COc1cc(/C=C2/NC(=O)N(Cc3ccccc3)C2=O)cc(Cl)c1OCc1cccc(F)c1. The molecule has 1 saturated heterocycles. The van der Waals surface area contributed by atoms with Crippen molar-refractivity contribution in [2.75, 3.05) is 7.11 Å². The molecule has 3 aromatic carbocycles. The van der Waals surface area contributed by atoms with Crippen LogP contribution in [0, 0.1) is 5.82 Å². The number of imide groups is 1. The maximum atomic E-state index is 13.4. The minimum atomic E-state index is -0.497. The first-order chi connectivity index (χ1) is 15.9. The van der Waals surface area contributed by atoms with Crippen LogP contribution in [-0.4, -0.2) is 23.9 Å². The third kappa shape index (κ3) is 5.15. The molecule has 1 N–H and O–H groups in total. The molecule has 1 aliphatic rings. The second-order valence-corrected chi connectivity index (χ2v) is 7.72. The van der Waals surface area contributed by atoms with Crippen LogP contribution in [0.1, 0.15) is 16.7 Å². The molecule has 0 spiro atoms. The van der Waals surface area contributed by atoms with Crippen LogP contribution in [0.4, 0.5) is 9.18 Å². The van der Waals surface area contributed by atoms with Gasteiger partial charge in [-0.25, -0.2) is 9.18 Å².